The zero-order valence-electron chi connectivity index (χ0n) is 15.0. The van der Waals surface area contributed by atoms with Gasteiger partial charge in [-0.05, 0) is 36.8 Å². The normalized spacial score (nSPS) is 11.4. The molecule has 0 saturated carbocycles. The number of pyridine rings is 1. The third-order valence-corrected chi connectivity index (χ3v) is 3.71. The average Bonchev–Trinajstić information content (AvgIpc) is 2.65. The third kappa shape index (κ3) is 6.90. The minimum absolute atomic E-state index is 0.0797. The summed E-state index contributed by atoms with van der Waals surface area (Å²) in [7, 11) is 1.51. The van der Waals surface area contributed by atoms with Crippen LogP contribution in [0.15, 0.2) is 41.5 Å². The van der Waals surface area contributed by atoms with Crippen molar-refractivity contribution in [1.29, 1.82) is 0 Å². The van der Waals surface area contributed by atoms with Gasteiger partial charge in [-0.1, -0.05) is 17.7 Å². The van der Waals surface area contributed by atoms with E-state index in [0.717, 1.165) is 5.56 Å². The number of alkyl halides is 2. The first-order valence-electron chi connectivity index (χ1n) is 8.26. The Hall–Kier alpha value is -2.61. The first-order valence-corrected chi connectivity index (χ1v) is 8.64. The van der Waals surface area contributed by atoms with Crippen molar-refractivity contribution in [1.82, 2.24) is 15.6 Å². The van der Waals surface area contributed by atoms with Crippen molar-refractivity contribution >= 4 is 17.6 Å². The largest absolute Gasteiger partial charge is 0.497 e. The van der Waals surface area contributed by atoms with E-state index in [1.807, 2.05) is 13.0 Å². The van der Waals surface area contributed by atoms with Gasteiger partial charge in [-0.2, -0.15) is 8.78 Å². The Morgan fingerprint density at radius 3 is 2.70 bits per heavy atom. The zero-order chi connectivity index (χ0) is 19.6. The zero-order valence-corrected chi connectivity index (χ0v) is 15.8. The van der Waals surface area contributed by atoms with Crippen LogP contribution in [0.2, 0.25) is 5.15 Å². The number of nitrogens with zero attached hydrogens (tertiary/aromatic N) is 2. The molecule has 1 heterocycles. The van der Waals surface area contributed by atoms with Gasteiger partial charge < -0.3 is 20.1 Å². The van der Waals surface area contributed by atoms with Crippen molar-refractivity contribution < 1.29 is 18.3 Å². The van der Waals surface area contributed by atoms with E-state index in [9.17, 15) is 8.78 Å². The highest BCUT2D eigenvalue weighted by atomic mass is 35.5. The summed E-state index contributed by atoms with van der Waals surface area (Å²) < 4.78 is 34.9. The van der Waals surface area contributed by atoms with Gasteiger partial charge in [0.15, 0.2) is 5.96 Å². The van der Waals surface area contributed by atoms with E-state index >= 15 is 0 Å². The van der Waals surface area contributed by atoms with Crippen LogP contribution < -0.4 is 20.1 Å². The molecule has 0 aliphatic rings. The molecule has 1 aromatic carbocycles. The molecule has 0 aliphatic carbocycles. The second-order valence-electron chi connectivity index (χ2n) is 5.39. The lowest BCUT2D eigenvalue weighted by Crippen LogP contribution is -2.36. The van der Waals surface area contributed by atoms with E-state index in [0.29, 0.717) is 35.5 Å². The predicted octanol–water partition coefficient (Wildman–Crippen LogP) is 3.60. The molecule has 0 saturated heterocycles. The number of hydrogen-bond acceptors (Lipinski definition) is 4. The fraction of sp³-hybridized carbons (Fsp3) is 0.333. The summed E-state index contributed by atoms with van der Waals surface area (Å²) in [6.45, 7) is 0.278. The quantitative estimate of drug-likeness (QED) is 0.404. The van der Waals surface area contributed by atoms with E-state index in [1.54, 1.807) is 24.4 Å². The second-order valence-corrected chi connectivity index (χ2v) is 5.78. The van der Waals surface area contributed by atoms with Gasteiger partial charge in [0.1, 0.15) is 16.7 Å². The molecule has 0 radical (unpaired) electrons. The Morgan fingerprint density at radius 1 is 1.26 bits per heavy atom. The summed E-state index contributed by atoms with van der Waals surface area (Å²) in [6, 6.07) is 8.17. The van der Waals surface area contributed by atoms with E-state index in [1.165, 1.54) is 13.2 Å². The molecule has 2 N–H and O–H groups in total. The minimum atomic E-state index is -2.91. The monoisotopic (exact) mass is 398 g/mol. The van der Waals surface area contributed by atoms with Crippen molar-refractivity contribution in [2.24, 2.45) is 4.99 Å². The summed E-state index contributed by atoms with van der Waals surface area (Å²) in [4.78, 5) is 8.46. The smallest absolute Gasteiger partial charge is 0.387 e. The highest BCUT2D eigenvalue weighted by Crippen LogP contribution is 2.25. The number of guanidine groups is 1. The fourth-order valence-electron chi connectivity index (χ4n) is 2.22. The molecule has 146 valence electrons. The number of nitrogens with one attached hydrogen (secondary N) is 2. The molecule has 0 atom stereocenters. The van der Waals surface area contributed by atoms with Gasteiger partial charge in [0.2, 0.25) is 0 Å². The lowest BCUT2D eigenvalue weighted by molar-refractivity contribution is -0.0504. The van der Waals surface area contributed by atoms with Crippen LogP contribution in [0.1, 0.15) is 18.1 Å². The van der Waals surface area contributed by atoms with Gasteiger partial charge >= 0.3 is 6.61 Å². The first kappa shape index (κ1) is 20.7. The predicted molar refractivity (Wildman–Crippen MR) is 101 cm³/mol. The van der Waals surface area contributed by atoms with Crippen LogP contribution >= 0.6 is 11.6 Å². The van der Waals surface area contributed by atoms with E-state index in [2.05, 4.69) is 25.3 Å². The molecule has 2 aromatic rings. The van der Waals surface area contributed by atoms with Gasteiger partial charge in [0, 0.05) is 24.8 Å². The van der Waals surface area contributed by atoms with Crippen LogP contribution in [0.3, 0.4) is 0 Å². The highest BCUT2D eigenvalue weighted by Gasteiger charge is 2.11. The standard InChI is InChI=1S/C18H21ClF2N4O2/c1-3-22-18(24-10-12-4-7-16(19)23-9-12)25-11-13-8-14(26-2)5-6-15(13)27-17(20)21/h4-9,17H,3,10-11H2,1-2H3,(H2,22,24,25). The number of aliphatic imine (C=N–C) groups is 1. The molecule has 0 amide bonds. The number of rotatable bonds is 8. The number of ether oxygens (including phenoxy) is 2. The van der Waals surface area contributed by atoms with Crippen LogP contribution in [0.25, 0.3) is 0 Å². The Balaban J connectivity index is 2.09. The summed E-state index contributed by atoms with van der Waals surface area (Å²) in [5, 5.41) is 6.61. The maximum Gasteiger partial charge on any atom is 0.387 e. The van der Waals surface area contributed by atoms with Gasteiger partial charge in [-0.3, -0.25) is 0 Å². The average molecular weight is 399 g/mol. The van der Waals surface area contributed by atoms with Crippen molar-refractivity contribution in [2.75, 3.05) is 13.7 Å². The lowest BCUT2D eigenvalue weighted by Gasteiger charge is -2.15. The maximum absolute atomic E-state index is 12.6. The van der Waals surface area contributed by atoms with Crippen molar-refractivity contribution in [3.63, 3.8) is 0 Å². The van der Waals surface area contributed by atoms with Gasteiger partial charge in [0.25, 0.3) is 0 Å². The van der Waals surface area contributed by atoms with Gasteiger partial charge in [-0.25, -0.2) is 9.98 Å². The van der Waals surface area contributed by atoms with Crippen molar-refractivity contribution in [3.05, 3.63) is 52.8 Å². The molecule has 0 aliphatic heterocycles. The molecular weight excluding hydrogens is 378 g/mol. The molecule has 0 fully saturated rings. The fourth-order valence-corrected chi connectivity index (χ4v) is 2.33. The van der Waals surface area contributed by atoms with Crippen LogP contribution in [0.4, 0.5) is 8.78 Å². The van der Waals surface area contributed by atoms with Crippen molar-refractivity contribution in [2.45, 2.75) is 26.6 Å². The molecule has 0 unspecified atom stereocenters. The summed E-state index contributed by atoms with van der Waals surface area (Å²) in [5.41, 5.74) is 1.41. The molecule has 27 heavy (non-hydrogen) atoms. The molecule has 2 rings (SSSR count). The Kier molecular flexibility index (Phi) is 8.06. The molecule has 0 bridgehead atoms. The minimum Gasteiger partial charge on any atom is -0.497 e. The topological polar surface area (TPSA) is 67.8 Å². The number of halogens is 3. The van der Waals surface area contributed by atoms with Gasteiger partial charge in [0.05, 0.1) is 13.7 Å². The van der Waals surface area contributed by atoms with Crippen LogP contribution in [-0.2, 0) is 13.1 Å². The van der Waals surface area contributed by atoms with Crippen LogP contribution in [-0.4, -0.2) is 31.2 Å². The number of aromatic nitrogens is 1. The Bertz CT molecular complexity index is 758. The van der Waals surface area contributed by atoms with Crippen LogP contribution in [0, 0.1) is 0 Å². The molecular formula is C18H21ClF2N4O2. The molecule has 9 heteroatoms. The Morgan fingerprint density at radius 2 is 2.07 bits per heavy atom. The number of benzene rings is 1. The molecule has 1 aromatic heterocycles. The van der Waals surface area contributed by atoms with Crippen molar-refractivity contribution in [3.8, 4) is 11.5 Å². The number of hydrogen-bond donors (Lipinski definition) is 2. The maximum atomic E-state index is 12.6. The molecule has 6 nitrogen and oxygen atoms in total. The summed E-state index contributed by atoms with van der Waals surface area (Å²) in [6.07, 6.45) is 1.64. The first-order chi connectivity index (χ1) is 13.0. The van der Waals surface area contributed by atoms with E-state index in [4.69, 9.17) is 16.3 Å². The SMILES string of the molecule is CCNC(=NCc1ccc(Cl)nc1)NCc1cc(OC)ccc1OC(F)F. The molecule has 0 spiro atoms. The summed E-state index contributed by atoms with van der Waals surface area (Å²) >= 11 is 5.77. The number of methoxy groups -OCH3 is 1. The summed E-state index contributed by atoms with van der Waals surface area (Å²) in [5.74, 6) is 1.15. The van der Waals surface area contributed by atoms with Gasteiger partial charge in [-0.15, -0.1) is 0 Å². The van der Waals surface area contributed by atoms with E-state index < -0.39 is 6.61 Å². The Labute approximate surface area is 161 Å². The lowest BCUT2D eigenvalue weighted by atomic mass is 10.2. The highest BCUT2D eigenvalue weighted by molar-refractivity contribution is 6.29. The van der Waals surface area contributed by atoms with E-state index in [-0.39, 0.29) is 12.3 Å². The third-order valence-electron chi connectivity index (χ3n) is 3.48. The second kappa shape index (κ2) is 10.5. The van der Waals surface area contributed by atoms with Crippen LogP contribution in [0.5, 0.6) is 11.5 Å².